The molecule has 21 heavy (non-hydrogen) atoms. The molecule has 8 heteroatoms. The highest BCUT2D eigenvalue weighted by Crippen LogP contribution is 2.37. The van der Waals surface area contributed by atoms with Gasteiger partial charge >= 0.3 is 6.18 Å². The van der Waals surface area contributed by atoms with Crippen LogP contribution in [0.15, 0.2) is 24.4 Å². The second-order valence-corrected chi connectivity index (χ2v) is 5.33. The van der Waals surface area contributed by atoms with E-state index >= 15 is 0 Å². The standard InChI is InChI=1S/C13H7Cl3F3NO/c14-9-2-6(3-10(15)11(9)16)12-7(5-21)1-8(4-20-12)13(17,18)19/h1-4,21H,5H2. The van der Waals surface area contributed by atoms with E-state index in [1.165, 1.54) is 12.1 Å². The molecule has 0 aliphatic rings. The molecule has 1 N–H and O–H groups in total. The van der Waals surface area contributed by atoms with Crippen LogP contribution in [-0.4, -0.2) is 10.1 Å². The van der Waals surface area contributed by atoms with E-state index in [-0.39, 0.29) is 26.3 Å². The third kappa shape index (κ3) is 3.43. The van der Waals surface area contributed by atoms with Crippen molar-refractivity contribution in [2.24, 2.45) is 0 Å². The fraction of sp³-hybridized carbons (Fsp3) is 0.154. The number of hydrogen-bond donors (Lipinski definition) is 1. The molecule has 0 amide bonds. The number of pyridine rings is 1. The molecule has 1 aromatic carbocycles. The second-order valence-electron chi connectivity index (χ2n) is 4.14. The number of benzene rings is 1. The van der Waals surface area contributed by atoms with Crippen LogP contribution in [0.25, 0.3) is 11.3 Å². The van der Waals surface area contributed by atoms with Gasteiger partial charge in [-0.2, -0.15) is 13.2 Å². The summed E-state index contributed by atoms with van der Waals surface area (Å²) in [6.45, 7) is -0.607. The van der Waals surface area contributed by atoms with Crippen molar-refractivity contribution in [2.75, 3.05) is 0 Å². The molecular weight excluding hydrogens is 350 g/mol. The third-order valence-corrected chi connectivity index (χ3v) is 3.92. The van der Waals surface area contributed by atoms with Crippen LogP contribution in [0.4, 0.5) is 13.2 Å². The minimum Gasteiger partial charge on any atom is -0.392 e. The normalized spacial score (nSPS) is 11.8. The Balaban J connectivity index is 2.59. The molecule has 0 unspecified atom stereocenters. The quantitative estimate of drug-likeness (QED) is 0.748. The van der Waals surface area contributed by atoms with Crippen molar-refractivity contribution in [3.05, 3.63) is 50.6 Å². The summed E-state index contributed by atoms with van der Waals surface area (Å²) >= 11 is 17.6. The highest BCUT2D eigenvalue weighted by Gasteiger charge is 2.31. The van der Waals surface area contributed by atoms with Crippen LogP contribution in [0.5, 0.6) is 0 Å². The maximum atomic E-state index is 12.6. The van der Waals surface area contributed by atoms with Gasteiger partial charge in [-0.25, -0.2) is 0 Å². The van der Waals surface area contributed by atoms with Crippen molar-refractivity contribution in [3.63, 3.8) is 0 Å². The zero-order valence-electron chi connectivity index (χ0n) is 10.2. The van der Waals surface area contributed by atoms with Crippen molar-refractivity contribution >= 4 is 34.8 Å². The summed E-state index contributed by atoms with van der Waals surface area (Å²) in [5.41, 5.74) is -0.404. The van der Waals surface area contributed by atoms with Gasteiger partial charge in [0.25, 0.3) is 0 Å². The van der Waals surface area contributed by atoms with Crippen molar-refractivity contribution in [1.82, 2.24) is 4.98 Å². The number of nitrogens with zero attached hydrogens (tertiary/aromatic N) is 1. The summed E-state index contributed by atoms with van der Waals surface area (Å²) < 4.78 is 37.9. The predicted octanol–water partition coefficient (Wildman–Crippen LogP) is 5.22. The van der Waals surface area contributed by atoms with Crippen LogP contribution in [0.2, 0.25) is 15.1 Å². The minimum atomic E-state index is -4.54. The molecule has 0 atom stereocenters. The van der Waals surface area contributed by atoms with E-state index in [4.69, 9.17) is 34.8 Å². The number of aromatic nitrogens is 1. The van der Waals surface area contributed by atoms with E-state index in [0.29, 0.717) is 11.8 Å². The Kier molecular flexibility index (Phi) is 4.68. The van der Waals surface area contributed by atoms with Crippen LogP contribution in [0.3, 0.4) is 0 Å². The molecule has 0 bridgehead atoms. The molecule has 2 aromatic rings. The summed E-state index contributed by atoms with van der Waals surface area (Å²) in [5, 5.41) is 9.69. The van der Waals surface area contributed by atoms with Gasteiger partial charge in [-0.3, -0.25) is 4.98 Å². The lowest BCUT2D eigenvalue weighted by Crippen LogP contribution is -2.07. The molecule has 2 rings (SSSR count). The summed E-state index contributed by atoms with van der Waals surface area (Å²) in [7, 11) is 0. The van der Waals surface area contributed by atoms with Gasteiger partial charge in [0.15, 0.2) is 0 Å². The average Bonchev–Trinajstić information content (AvgIpc) is 2.42. The van der Waals surface area contributed by atoms with Crippen molar-refractivity contribution in [1.29, 1.82) is 0 Å². The molecule has 112 valence electrons. The predicted molar refractivity (Wildman–Crippen MR) is 75.6 cm³/mol. The number of alkyl halides is 3. The SMILES string of the molecule is OCc1cc(C(F)(F)F)cnc1-c1cc(Cl)c(Cl)c(Cl)c1. The fourth-order valence-corrected chi connectivity index (χ4v) is 2.33. The van der Waals surface area contributed by atoms with Crippen LogP contribution in [-0.2, 0) is 12.8 Å². The molecule has 0 radical (unpaired) electrons. The first-order valence-electron chi connectivity index (χ1n) is 5.56. The first-order chi connectivity index (χ1) is 9.74. The number of aliphatic hydroxyl groups is 1. The van der Waals surface area contributed by atoms with Gasteiger partial charge in [-0.05, 0) is 18.2 Å². The largest absolute Gasteiger partial charge is 0.417 e. The van der Waals surface area contributed by atoms with E-state index in [2.05, 4.69) is 4.98 Å². The smallest absolute Gasteiger partial charge is 0.392 e. The highest BCUT2D eigenvalue weighted by molar-refractivity contribution is 6.48. The number of aliphatic hydroxyl groups excluding tert-OH is 1. The number of rotatable bonds is 2. The first kappa shape index (κ1) is 16.4. The summed E-state index contributed by atoms with van der Waals surface area (Å²) in [5.74, 6) is 0. The lowest BCUT2D eigenvalue weighted by molar-refractivity contribution is -0.137. The molecule has 0 aliphatic heterocycles. The van der Waals surface area contributed by atoms with Gasteiger partial charge in [0.2, 0.25) is 0 Å². The molecule has 0 spiro atoms. The topological polar surface area (TPSA) is 33.1 Å². The van der Waals surface area contributed by atoms with Crippen LogP contribution in [0.1, 0.15) is 11.1 Å². The molecule has 0 fully saturated rings. The number of halogens is 6. The van der Waals surface area contributed by atoms with Gasteiger partial charge < -0.3 is 5.11 Å². The van der Waals surface area contributed by atoms with Gasteiger partial charge in [-0.15, -0.1) is 0 Å². The Morgan fingerprint density at radius 3 is 2.10 bits per heavy atom. The summed E-state index contributed by atoms with van der Waals surface area (Å²) in [6.07, 6.45) is -3.85. The zero-order valence-corrected chi connectivity index (χ0v) is 12.4. The monoisotopic (exact) mass is 355 g/mol. The first-order valence-corrected chi connectivity index (χ1v) is 6.69. The minimum absolute atomic E-state index is 0.0132. The van der Waals surface area contributed by atoms with Crippen LogP contribution < -0.4 is 0 Å². The Morgan fingerprint density at radius 2 is 1.62 bits per heavy atom. The van der Waals surface area contributed by atoms with Crippen LogP contribution >= 0.6 is 34.8 Å². The van der Waals surface area contributed by atoms with E-state index in [1.54, 1.807) is 0 Å². The van der Waals surface area contributed by atoms with Crippen molar-refractivity contribution < 1.29 is 18.3 Å². The molecule has 1 heterocycles. The van der Waals surface area contributed by atoms with E-state index < -0.39 is 18.3 Å². The third-order valence-electron chi connectivity index (χ3n) is 2.72. The van der Waals surface area contributed by atoms with E-state index in [0.717, 1.165) is 6.07 Å². The average molecular weight is 357 g/mol. The Morgan fingerprint density at radius 1 is 1.05 bits per heavy atom. The van der Waals surface area contributed by atoms with E-state index in [9.17, 15) is 18.3 Å². The van der Waals surface area contributed by atoms with Crippen molar-refractivity contribution in [2.45, 2.75) is 12.8 Å². The zero-order chi connectivity index (χ0) is 15.8. The summed E-state index contributed by atoms with van der Waals surface area (Å²) in [6, 6.07) is 3.67. The molecular formula is C13H7Cl3F3NO. The lowest BCUT2D eigenvalue weighted by atomic mass is 10.0. The molecule has 0 saturated carbocycles. The lowest BCUT2D eigenvalue weighted by Gasteiger charge is -2.12. The maximum absolute atomic E-state index is 12.6. The Bertz CT molecular complexity index is 666. The Hall–Kier alpha value is -1.01. The Labute approximate surface area is 133 Å². The number of hydrogen-bond acceptors (Lipinski definition) is 2. The van der Waals surface area contributed by atoms with Gasteiger partial charge in [0.1, 0.15) is 0 Å². The molecule has 0 aliphatic carbocycles. The maximum Gasteiger partial charge on any atom is 0.417 e. The van der Waals surface area contributed by atoms with Gasteiger partial charge in [-0.1, -0.05) is 34.8 Å². The molecule has 2 nitrogen and oxygen atoms in total. The molecule has 0 saturated heterocycles. The molecule has 1 aromatic heterocycles. The highest BCUT2D eigenvalue weighted by atomic mass is 35.5. The fourth-order valence-electron chi connectivity index (χ4n) is 1.74. The van der Waals surface area contributed by atoms with Gasteiger partial charge in [0, 0.05) is 17.3 Å². The second kappa shape index (κ2) is 6.01. The van der Waals surface area contributed by atoms with E-state index in [1.807, 2.05) is 0 Å². The summed E-state index contributed by atoms with van der Waals surface area (Å²) in [4.78, 5) is 3.76. The van der Waals surface area contributed by atoms with Crippen LogP contribution in [0, 0.1) is 0 Å². The van der Waals surface area contributed by atoms with Gasteiger partial charge in [0.05, 0.1) is 32.9 Å². The van der Waals surface area contributed by atoms with Crippen molar-refractivity contribution in [3.8, 4) is 11.3 Å².